The maximum absolute atomic E-state index is 12.6. The van der Waals surface area contributed by atoms with Gasteiger partial charge in [-0.25, -0.2) is 0 Å². The van der Waals surface area contributed by atoms with E-state index < -0.39 is 0 Å². The molecule has 1 amide bonds. The van der Waals surface area contributed by atoms with Gasteiger partial charge in [-0.15, -0.1) is 0 Å². The summed E-state index contributed by atoms with van der Waals surface area (Å²) in [5, 5.41) is 6.63. The molecular formula is C21H23NO2. The SMILES string of the molecule is C[C@@H]1CCCC[C@@H]1NC(=O)Cc1coc2ccc3ccccc3c12. The highest BCUT2D eigenvalue weighted by Gasteiger charge is 2.23. The molecule has 1 N–H and O–H groups in total. The van der Waals surface area contributed by atoms with E-state index in [1.807, 2.05) is 18.2 Å². The lowest BCUT2D eigenvalue weighted by Crippen LogP contribution is -2.41. The lowest BCUT2D eigenvalue weighted by atomic mass is 9.86. The molecule has 1 aromatic heterocycles. The molecule has 0 spiro atoms. The molecule has 1 fully saturated rings. The summed E-state index contributed by atoms with van der Waals surface area (Å²) in [7, 11) is 0. The zero-order valence-corrected chi connectivity index (χ0v) is 14.0. The fourth-order valence-corrected chi connectivity index (χ4v) is 3.97. The summed E-state index contributed by atoms with van der Waals surface area (Å²) in [6.07, 6.45) is 6.93. The van der Waals surface area contributed by atoms with Crippen molar-refractivity contribution >= 4 is 27.6 Å². The molecular weight excluding hydrogens is 298 g/mol. The van der Waals surface area contributed by atoms with Crippen LogP contribution in [0.15, 0.2) is 47.1 Å². The zero-order valence-electron chi connectivity index (χ0n) is 14.0. The van der Waals surface area contributed by atoms with Gasteiger partial charge < -0.3 is 9.73 Å². The number of hydrogen-bond donors (Lipinski definition) is 1. The van der Waals surface area contributed by atoms with Crippen LogP contribution in [0.3, 0.4) is 0 Å². The molecule has 1 heterocycles. The van der Waals surface area contributed by atoms with Crippen molar-refractivity contribution in [1.29, 1.82) is 0 Å². The Morgan fingerprint density at radius 3 is 2.88 bits per heavy atom. The van der Waals surface area contributed by atoms with E-state index in [0.29, 0.717) is 18.4 Å². The van der Waals surface area contributed by atoms with Crippen LogP contribution in [0.25, 0.3) is 21.7 Å². The molecule has 2 atom stereocenters. The molecule has 3 heteroatoms. The number of nitrogens with one attached hydrogen (secondary N) is 1. The van der Waals surface area contributed by atoms with Crippen molar-refractivity contribution in [2.75, 3.05) is 0 Å². The van der Waals surface area contributed by atoms with Crippen LogP contribution in [-0.4, -0.2) is 11.9 Å². The van der Waals surface area contributed by atoms with Crippen LogP contribution in [0.1, 0.15) is 38.2 Å². The lowest BCUT2D eigenvalue weighted by Gasteiger charge is -2.29. The Balaban J connectivity index is 1.60. The Labute approximate surface area is 142 Å². The second kappa shape index (κ2) is 6.31. The van der Waals surface area contributed by atoms with Gasteiger partial charge in [-0.2, -0.15) is 0 Å². The second-order valence-electron chi connectivity index (χ2n) is 7.03. The maximum Gasteiger partial charge on any atom is 0.224 e. The normalized spacial score (nSPS) is 21.2. The largest absolute Gasteiger partial charge is 0.464 e. The Kier molecular flexibility index (Phi) is 4.01. The number of amides is 1. The number of hydrogen-bond acceptors (Lipinski definition) is 2. The summed E-state index contributed by atoms with van der Waals surface area (Å²) in [5.41, 5.74) is 1.82. The van der Waals surface area contributed by atoms with Crippen molar-refractivity contribution in [2.24, 2.45) is 5.92 Å². The van der Waals surface area contributed by atoms with Gasteiger partial charge in [0.2, 0.25) is 5.91 Å². The predicted molar refractivity (Wildman–Crippen MR) is 97.0 cm³/mol. The van der Waals surface area contributed by atoms with Crippen LogP contribution in [0.5, 0.6) is 0 Å². The summed E-state index contributed by atoms with van der Waals surface area (Å²) in [5.74, 6) is 0.675. The van der Waals surface area contributed by atoms with Crippen LogP contribution < -0.4 is 5.32 Å². The van der Waals surface area contributed by atoms with Gasteiger partial charge in [0.05, 0.1) is 12.7 Å². The molecule has 1 saturated carbocycles. The molecule has 1 aliphatic carbocycles. The number of benzene rings is 2. The van der Waals surface area contributed by atoms with Crippen molar-refractivity contribution in [2.45, 2.75) is 45.1 Å². The molecule has 2 aromatic carbocycles. The van der Waals surface area contributed by atoms with Crippen molar-refractivity contribution in [3.05, 3.63) is 48.2 Å². The minimum atomic E-state index is 0.101. The lowest BCUT2D eigenvalue weighted by molar-refractivity contribution is -0.121. The Morgan fingerprint density at radius 2 is 2.00 bits per heavy atom. The average Bonchev–Trinajstić information content (AvgIpc) is 3.00. The summed E-state index contributed by atoms with van der Waals surface area (Å²) in [6.45, 7) is 2.24. The molecule has 24 heavy (non-hydrogen) atoms. The first-order chi connectivity index (χ1) is 11.7. The molecule has 3 aromatic rings. The van der Waals surface area contributed by atoms with Crippen molar-refractivity contribution in [3.63, 3.8) is 0 Å². The van der Waals surface area contributed by atoms with Gasteiger partial charge in [-0.1, -0.05) is 50.1 Å². The van der Waals surface area contributed by atoms with Gasteiger partial charge in [0.15, 0.2) is 0 Å². The predicted octanol–water partition coefficient (Wildman–Crippen LogP) is 4.82. The second-order valence-corrected chi connectivity index (χ2v) is 7.03. The van der Waals surface area contributed by atoms with E-state index in [2.05, 4.69) is 30.4 Å². The van der Waals surface area contributed by atoms with Gasteiger partial charge in [0.1, 0.15) is 5.58 Å². The van der Waals surface area contributed by atoms with Crippen LogP contribution >= 0.6 is 0 Å². The minimum absolute atomic E-state index is 0.101. The highest BCUT2D eigenvalue weighted by atomic mass is 16.3. The molecule has 1 aliphatic rings. The molecule has 0 bridgehead atoms. The fraction of sp³-hybridized carbons (Fsp3) is 0.381. The summed E-state index contributed by atoms with van der Waals surface area (Å²) >= 11 is 0. The molecule has 0 radical (unpaired) electrons. The highest BCUT2D eigenvalue weighted by molar-refractivity contribution is 6.08. The van der Waals surface area contributed by atoms with E-state index >= 15 is 0 Å². The molecule has 4 rings (SSSR count). The van der Waals surface area contributed by atoms with E-state index in [1.54, 1.807) is 6.26 Å². The number of carbonyl (C=O) groups excluding carboxylic acids is 1. The van der Waals surface area contributed by atoms with E-state index in [9.17, 15) is 4.79 Å². The van der Waals surface area contributed by atoms with Crippen LogP contribution in [0.4, 0.5) is 0 Å². The number of fused-ring (bicyclic) bond motifs is 3. The number of carbonyl (C=O) groups is 1. The molecule has 0 saturated heterocycles. The van der Waals surface area contributed by atoms with Crippen molar-refractivity contribution in [3.8, 4) is 0 Å². The minimum Gasteiger partial charge on any atom is -0.464 e. The van der Waals surface area contributed by atoms with Gasteiger partial charge in [0.25, 0.3) is 0 Å². The molecule has 0 aliphatic heterocycles. The summed E-state index contributed by atoms with van der Waals surface area (Å²) < 4.78 is 5.69. The van der Waals surface area contributed by atoms with Gasteiger partial charge in [-0.3, -0.25) is 4.79 Å². The third-order valence-electron chi connectivity index (χ3n) is 5.35. The summed E-state index contributed by atoms with van der Waals surface area (Å²) in [6, 6.07) is 12.6. The molecule has 124 valence electrons. The first-order valence-electron chi connectivity index (χ1n) is 8.89. The number of rotatable bonds is 3. The fourth-order valence-electron chi connectivity index (χ4n) is 3.97. The Bertz CT molecular complexity index is 880. The van der Waals surface area contributed by atoms with Gasteiger partial charge >= 0.3 is 0 Å². The Hall–Kier alpha value is -2.29. The van der Waals surface area contributed by atoms with Crippen molar-refractivity contribution < 1.29 is 9.21 Å². The van der Waals surface area contributed by atoms with Gasteiger partial charge in [0, 0.05) is 17.0 Å². The number of furan rings is 1. The third-order valence-corrected chi connectivity index (χ3v) is 5.35. The molecule has 3 nitrogen and oxygen atoms in total. The van der Waals surface area contributed by atoms with Crippen molar-refractivity contribution in [1.82, 2.24) is 5.32 Å². The topological polar surface area (TPSA) is 42.2 Å². The zero-order chi connectivity index (χ0) is 16.5. The standard InChI is InChI=1S/C21H23NO2/c1-14-6-2-5-9-18(14)22-20(23)12-16-13-24-19-11-10-15-7-3-4-8-17(15)21(16)19/h3-4,7-8,10-11,13-14,18H,2,5-6,9,12H2,1H3,(H,22,23)/t14-,18+/m1/s1. The monoisotopic (exact) mass is 321 g/mol. The van der Waals surface area contributed by atoms with Gasteiger partial charge in [-0.05, 0) is 35.6 Å². The first kappa shape index (κ1) is 15.3. The van der Waals surface area contributed by atoms with E-state index in [-0.39, 0.29) is 5.91 Å². The summed E-state index contributed by atoms with van der Waals surface area (Å²) in [4.78, 5) is 12.6. The quantitative estimate of drug-likeness (QED) is 0.751. The van der Waals surface area contributed by atoms with E-state index in [4.69, 9.17) is 4.42 Å². The maximum atomic E-state index is 12.6. The molecule has 0 unspecified atom stereocenters. The third kappa shape index (κ3) is 2.79. The van der Waals surface area contributed by atoms with Crippen LogP contribution in [-0.2, 0) is 11.2 Å². The average molecular weight is 321 g/mol. The Morgan fingerprint density at radius 1 is 1.17 bits per heavy atom. The van der Waals surface area contributed by atoms with E-state index in [1.165, 1.54) is 24.6 Å². The smallest absolute Gasteiger partial charge is 0.224 e. The van der Waals surface area contributed by atoms with Crippen LogP contribution in [0.2, 0.25) is 0 Å². The first-order valence-corrected chi connectivity index (χ1v) is 8.89. The van der Waals surface area contributed by atoms with Crippen LogP contribution in [0, 0.1) is 5.92 Å². The highest BCUT2D eigenvalue weighted by Crippen LogP contribution is 2.30. The van der Waals surface area contributed by atoms with E-state index in [0.717, 1.165) is 28.3 Å².